The molecule has 0 fully saturated rings. The number of hydrogen-bond acceptors (Lipinski definition) is 5. The molecule has 0 spiro atoms. The largest absolute Gasteiger partial charge is 0.494 e. The first-order valence-corrected chi connectivity index (χ1v) is 12.8. The number of aliphatic imine (C=N–C) groups is 1. The van der Waals surface area contributed by atoms with Crippen LogP contribution in [-0.4, -0.2) is 35.7 Å². The van der Waals surface area contributed by atoms with Gasteiger partial charge in [-0.15, -0.1) is 6.58 Å². The monoisotopic (exact) mass is 584 g/mol. The average molecular weight is 585 g/mol. The number of nitrogens with zero attached hydrogens (tertiary/aromatic N) is 1. The van der Waals surface area contributed by atoms with E-state index in [1.54, 1.807) is 30.3 Å². The number of carbonyl (C=O) groups excluding carboxylic acids is 1. The quantitative estimate of drug-likeness (QED) is 0.226. The molecule has 0 saturated heterocycles. The maximum atomic E-state index is 13.7. The molecule has 3 aromatic carbocycles. The lowest BCUT2D eigenvalue weighted by atomic mass is 9.84. The molecular formula is C29H27BrF2N2O4. The van der Waals surface area contributed by atoms with Crippen molar-refractivity contribution in [1.82, 2.24) is 5.32 Å². The van der Waals surface area contributed by atoms with Crippen LogP contribution < -0.4 is 10.1 Å². The summed E-state index contributed by atoms with van der Waals surface area (Å²) >= 11 is 3.43. The van der Waals surface area contributed by atoms with Gasteiger partial charge in [-0.2, -0.15) is 0 Å². The second kappa shape index (κ2) is 12.3. The third-order valence-corrected chi connectivity index (χ3v) is 6.56. The number of halogens is 3. The van der Waals surface area contributed by atoms with Crippen LogP contribution in [0.4, 0.5) is 8.78 Å². The van der Waals surface area contributed by atoms with Crippen molar-refractivity contribution in [3.05, 3.63) is 112 Å². The number of aliphatic hydroxyl groups is 1. The molecule has 0 saturated carbocycles. The Hall–Kier alpha value is -3.56. The van der Waals surface area contributed by atoms with E-state index in [9.17, 15) is 13.6 Å². The number of rotatable bonds is 11. The number of nitrogens with one attached hydrogen (secondary N) is 1. The Kier molecular flexibility index (Phi) is 8.91. The maximum absolute atomic E-state index is 13.7. The lowest BCUT2D eigenvalue weighted by molar-refractivity contribution is -0.129. The topological polar surface area (TPSA) is 80.2 Å². The van der Waals surface area contributed by atoms with E-state index in [0.717, 1.165) is 16.1 Å². The standard InChI is InChI=1S/C29H27BrF2N2O4/c1-2-12-29(28(36)33-18-19-15-23(31)17-24(32)16-19)26(20-4-8-22(30)9-5-20)38-27(34-29)21-6-10-25(11-7-21)37-14-3-13-35/h2,4-11,15-17,26,35H,1,3,12-14,18H2,(H,33,36)/t26-,29-/m1/s1. The van der Waals surface area contributed by atoms with Crippen LogP contribution in [-0.2, 0) is 16.1 Å². The molecule has 3 aromatic rings. The van der Waals surface area contributed by atoms with Gasteiger partial charge in [-0.05, 0) is 59.7 Å². The summed E-state index contributed by atoms with van der Waals surface area (Å²) in [4.78, 5) is 18.5. The summed E-state index contributed by atoms with van der Waals surface area (Å²) in [5.74, 6) is -1.02. The molecule has 2 atom stereocenters. The molecule has 0 unspecified atom stereocenters. The lowest BCUT2D eigenvalue weighted by Crippen LogP contribution is -2.47. The Morgan fingerprint density at radius 1 is 1.13 bits per heavy atom. The second-order valence-corrected chi connectivity index (χ2v) is 9.71. The van der Waals surface area contributed by atoms with Crippen LogP contribution in [0.5, 0.6) is 5.75 Å². The summed E-state index contributed by atoms with van der Waals surface area (Å²) in [6.45, 7) is 4.17. The highest BCUT2D eigenvalue weighted by atomic mass is 79.9. The molecule has 198 valence electrons. The molecule has 4 rings (SSSR count). The molecule has 1 aliphatic rings. The van der Waals surface area contributed by atoms with E-state index in [-0.39, 0.29) is 31.0 Å². The minimum absolute atomic E-state index is 0.0434. The predicted octanol–water partition coefficient (Wildman–Crippen LogP) is 5.64. The fraction of sp³-hybridized carbons (Fsp3) is 0.241. The van der Waals surface area contributed by atoms with Crippen LogP contribution in [0.2, 0.25) is 0 Å². The Bertz CT molecular complexity index is 1290. The Morgan fingerprint density at radius 2 is 1.82 bits per heavy atom. The van der Waals surface area contributed by atoms with Crippen LogP contribution in [0.3, 0.4) is 0 Å². The van der Waals surface area contributed by atoms with E-state index >= 15 is 0 Å². The normalized spacial score (nSPS) is 18.4. The predicted molar refractivity (Wildman–Crippen MR) is 144 cm³/mol. The van der Waals surface area contributed by atoms with Gasteiger partial charge < -0.3 is 19.9 Å². The van der Waals surface area contributed by atoms with Gasteiger partial charge in [0.15, 0.2) is 11.6 Å². The number of aliphatic hydroxyl groups excluding tert-OH is 1. The zero-order valence-corrected chi connectivity index (χ0v) is 22.1. The van der Waals surface area contributed by atoms with Crippen molar-refractivity contribution in [3.63, 3.8) is 0 Å². The van der Waals surface area contributed by atoms with E-state index < -0.39 is 29.2 Å². The second-order valence-electron chi connectivity index (χ2n) is 8.79. The van der Waals surface area contributed by atoms with Crippen LogP contribution in [0.25, 0.3) is 0 Å². The van der Waals surface area contributed by atoms with E-state index in [0.29, 0.717) is 24.3 Å². The Morgan fingerprint density at radius 3 is 2.45 bits per heavy atom. The molecule has 0 aromatic heterocycles. The van der Waals surface area contributed by atoms with Gasteiger partial charge in [0.2, 0.25) is 5.90 Å². The van der Waals surface area contributed by atoms with Crippen molar-refractivity contribution in [2.75, 3.05) is 13.2 Å². The first kappa shape index (κ1) is 27.5. The van der Waals surface area contributed by atoms with Crippen molar-refractivity contribution in [2.24, 2.45) is 4.99 Å². The summed E-state index contributed by atoms with van der Waals surface area (Å²) in [6, 6.07) is 17.6. The zero-order valence-electron chi connectivity index (χ0n) is 20.5. The smallest absolute Gasteiger partial charge is 0.252 e. The minimum atomic E-state index is -1.41. The van der Waals surface area contributed by atoms with Gasteiger partial charge in [-0.3, -0.25) is 4.79 Å². The summed E-state index contributed by atoms with van der Waals surface area (Å²) in [7, 11) is 0. The van der Waals surface area contributed by atoms with Gasteiger partial charge in [0, 0.05) is 42.1 Å². The van der Waals surface area contributed by atoms with Crippen LogP contribution in [0.15, 0.2) is 88.9 Å². The van der Waals surface area contributed by atoms with Gasteiger partial charge in [0.05, 0.1) is 6.61 Å². The number of benzene rings is 3. The SMILES string of the molecule is C=CC[C@@]1(C(=O)NCc2cc(F)cc(F)c2)N=C(c2ccc(OCCCO)cc2)O[C@@H]1c1ccc(Br)cc1. The van der Waals surface area contributed by atoms with Crippen molar-refractivity contribution in [3.8, 4) is 5.75 Å². The van der Waals surface area contributed by atoms with Gasteiger partial charge >= 0.3 is 0 Å². The Labute approximate surface area is 228 Å². The van der Waals surface area contributed by atoms with E-state index in [2.05, 4.69) is 27.8 Å². The Balaban J connectivity index is 1.66. The third-order valence-electron chi connectivity index (χ3n) is 6.03. The van der Waals surface area contributed by atoms with Crippen molar-refractivity contribution >= 4 is 27.7 Å². The number of amides is 1. The molecular weight excluding hydrogens is 558 g/mol. The molecule has 1 heterocycles. The van der Waals surface area contributed by atoms with Crippen LogP contribution in [0, 0.1) is 11.6 Å². The maximum Gasteiger partial charge on any atom is 0.252 e. The molecule has 0 radical (unpaired) electrons. The highest BCUT2D eigenvalue weighted by Crippen LogP contribution is 2.43. The van der Waals surface area contributed by atoms with E-state index in [1.165, 1.54) is 12.1 Å². The highest BCUT2D eigenvalue weighted by Gasteiger charge is 2.52. The van der Waals surface area contributed by atoms with Crippen molar-refractivity contribution < 1.29 is 28.2 Å². The average Bonchev–Trinajstić information content (AvgIpc) is 3.28. The van der Waals surface area contributed by atoms with E-state index in [1.807, 2.05) is 24.3 Å². The molecule has 0 bridgehead atoms. The summed E-state index contributed by atoms with van der Waals surface area (Å²) in [5.41, 5.74) is 0.245. The summed E-state index contributed by atoms with van der Waals surface area (Å²) in [6.07, 6.45) is 1.49. The van der Waals surface area contributed by atoms with Gasteiger partial charge in [-0.1, -0.05) is 34.1 Å². The van der Waals surface area contributed by atoms with Crippen molar-refractivity contribution in [2.45, 2.75) is 31.0 Å². The fourth-order valence-electron chi connectivity index (χ4n) is 4.22. The minimum Gasteiger partial charge on any atom is -0.494 e. The molecule has 0 aliphatic carbocycles. The third kappa shape index (κ3) is 6.28. The zero-order chi connectivity index (χ0) is 27.1. The number of ether oxygens (including phenoxy) is 2. The van der Waals surface area contributed by atoms with Crippen LogP contribution in [0.1, 0.15) is 35.6 Å². The number of carbonyl (C=O) groups is 1. The fourth-order valence-corrected chi connectivity index (χ4v) is 4.49. The molecule has 2 N–H and O–H groups in total. The van der Waals surface area contributed by atoms with Gasteiger partial charge in [0.1, 0.15) is 17.4 Å². The van der Waals surface area contributed by atoms with E-state index in [4.69, 9.17) is 19.6 Å². The molecule has 1 amide bonds. The number of hydrogen-bond donors (Lipinski definition) is 2. The first-order valence-electron chi connectivity index (χ1n) is 12.0. The highest BCUT2D eigenvalue weighted by molar-refractivity contribution is 9.10. The first-order chi connectivity index (χ1) is 18.3. The summed E-state index contributed by atoms with van der Waals surface area (Å²) < 4.78 is 40.2. The molecule has 6 nitrogen and oxygen atoms in total. The van der Waals surface area contributed by atoms with Gasteiger partial charge in [0.25, 0.3) is 5.91 Å². The van der Waals surface area contributed by atoms with Crippen molar-refractivity contribution in [1.29, 1.82) is 0 Å². The van der Waals surface area contributed by atoms with Gasteiger partial charge in [-0.25, -0.2) is 13.8 Å². The molecule has 38 heavy (non-hydrogen) atoms. The lowest BCUT2D eigenvalue weighted by Gasteiger charge is -2.29. The molecule has 9 heteroatoms. The summed E-state index contributed by atoms with van der Waals surface area (Å²) in [5, 5.41) is 11.7. The molecule has 1 aliphatic heterocycles. The van der Waals surface area contributed by atoms with Crippen LogP contribution >= 0.6 is 15.9 Å².